The Morgan fingerprint density at radius 2 is 1.31 bits per heavy atom. The maximum absolute atomic E-state index is 12.9. The molecule has 0 radical (unpaired) electrons. The van der Waals surface area contributed by atoms with Crippen molar-refractivity contribution < 1.29 is 42.4 Å². The summed E-state index contributed by atoms with van der Waals surface area (Å²) >= 11 is 0. The Kier molecular flexibility index (Phi) is 9.38. The van der Waals surface area contributed by atoms with Crippen LogP contribution >= 0.6 is 0 Å². The van der Waals surface area contributed by atoms with Crippen molar-refractivity contribution in [1.82, 2.24) is 0 Å². The number of methoxy groups -OCH3 is 5. The van der Waals surface area contributed by atoms with E-state index >= 15 is 0 Å². The van der Waals surface area contributed by atoms with E-state index in [1.807, 2.05) is 26.0 Å². The minimum Gasteiger partial charge on any atom is -0.504 e. The van der Waals surface area contributed by atoms with Gasteiger partial charge in [-0.3, -0.25) is 4.79 Å². The van der Waals surface area contributed by atoms with Gasteiger partial charge >= 0.3 is 5.63 Å². The second-order valence-electron chi connectivity index (χ2n) is 12.0. The summed E-state index contributed by atoms with van der Waals surface area (Å²) in [6, 6.07) is 18.9. The first-order valence-electron chi connectivity index (χ1n) is 15.8. The van der Waals surface area contributed by atoms with Gasteiger partial charge in [0.2, 0.25) is 11.2 Å². The number of hydrogen-bond acceptors (Lipinski definition) is 11. The maximum Gasteiger partial charge on any atom is 0.347 e. The minimum absolute atomic E-state index is 0.0738. The fraction of sp³-hybridized carbons (Fsp3) is 0.200. The van der Waals surface area contributed by atoms with Crippen LogP contribution in [-0.2, 0) is 0 Å². The van der Waals surface area contributed by atoms with Gasteiger partial charge in [-0.25, -0.2) is 4.79 Å². The summed E-state index contributed by atoms with van der Waals surface area (Å²) in [5, 5.41) is 10.7. The Bertz CT molecular complexity index is 2380. The van der Waals surface area contributed by atoms with Crippen LogP contribution in [0, 0.1) is 0 Å². The topological polar surface area (TPSA) is 136 Å². The van der Waals surface area contributed by atoms with Gasteiger partial charge in [-0.2, -0.15) is 0 Å². The molecule has 1 aliphatic rings. The highest BCUT2D eigenvalue weighted by Gasteiger charge is 2.29. The van der Waals surface area contributed by atoms with Crippen LogP contribution in [0.1, 0.15) is 19.4 Å². The first kappa shape index (κ1) is 34.5. The van der Waals surface area contributed by atoms with Gasteiger partial charge in [-0.05, 0) is 73.5 Å². The minimum atomic E-state index is -0.507. The van der Waals surface area contributed by atoms with Crippen molar-refractivity contribution >= 4 is 28.0 Å². The summed E-state index contributed by atoms with van der Waals surface area (Å²) < 4.78 is 44.0. The number of benzene rings is 4. The standard InChI is InChI=1S/C23H22O6.C17H14O5/c1-23(2)11-10-15-16(29-23)12-17-19(20(15)26-4)21(27-5)18(22(24)28-17)13-6-8-14(25-3)9-7-13;1-20-11-5-3-10(4-6-11)13-9-22-16-12(15(13)19)7-8-14(18)17(16)21-2/h6-12H,1-5H3;3-9,18H,1-2H3. The number of fused-ring (bicyclic) bond motifs is 3. The van der Waals surface area contributed by atoms with Crippen molar-refractivity contribution in [1.29, 1.82) is 0 Å². The molecule has 4 aromatic carbocycles. The van der Waals surface area contributed by atoms with Crippen LogP contribution in [0.2, 0.25) is 0 Å². The number of ether oxygens (including phenoxy) is 6. The molecule has 0 bridgehead atoms. The summed E-state index contributed by atoms with van der Waals surface area (Å²) in [5.74, 6) is 2.98. The third kappa shape index (κ3) is 6.41. The molecule has 11 nitrogen and oxygen atoms in total. The zero-order chi connectivity index (χ0) is 36.4. The Morgan fingerprint density at radius 1 is 0.706 bits per heavy atom. The lowest BCUT2D eigenvalue weighted by Crippen LogP contribution is -2.27. The van der Waals surface area contributed by atoms with Crippen molar-refractivity contribution in [2.45, 2.75) is 19.4 Å². The van der Waals surface area contributed by atoms with E-state index < -0.39 is 11.2 Å². The molecule has 0 saturated heterocycles. The van der Waals surface area contributed by atoms with Crippen LogP contribution in [0.15, 0.2) is 97.5 Å². The molecule has 262 valence electrons. The van der Waals surface area contributed by atoms with Crippen molar-refractivity contribution in [3.8, 4) is 62.5 Å². The largest absolute Gasteiger partial charge is 0.504 e. The highest BCUT2D eigenvalue weighted by molar-refractivity contribution is 5.99. The molecule has 0 fully saturated rings. The van der Waals surface area contributed by atoms with Gasteiger partial charge in [-0.15, -0.1) is 0 Å². The quantitative estimate of drug-likeness (QED) is 0.164. The molecule has 0 spiro atoms. The van der Waals surface area contributed by atoms with Crippen LogP contribution in [0.5, 0.6) is 40.2 Å². The van der Waals surface area contributed by atoms with Crippen LogP contribution < -0.4 is 39.5 Å². The monoisotopic (exact) mass is 692 g/mol. The van der Waals surface area contributed by atoms with Gasteiger partial charge in [0.05, 0.1) is 52.1 Å². The van der Waals surface area contributed by atoms with Gasteiger partial charge in [0.15, 0.2) is 11.3 Å². The Labute approximate surface area is 292 Å². The molecular formula is C40H36O11. The van der Waals surface area contributed by atoms with Gasteiger partial charge in [0.1, 0.15) is 57.1 Å². The molecule has 0 unspecified atom stereocenters. The number of phenolic OH excluding ortho intramolecular Hbond substituents is 1. The third-order valence-corrected chi connectivity index (χ3v) is 8.40. The maximum atomic E-state index is 12.9. The Balaban J connectivity index is 0.000000183. The van der Waals surface area contributed by atoms with Crippen LogP contribution in [0.4, 0.5) is 0 Å². The lowest BCUT2D eigenvalue weighted by Gasteiger charge is -2.29. The third-order valence-electron chi connectivity index (χ3n) is 8.40. The molecule has 0 aliphatic carbocycles. The summed E-state index contributed by atoms with van der Waals surface area (Å²) in [6.45, 7) is 3.90. The van der Waals surface area contributed by atoms with Crippen molar-refractivity contribution in [2.24, 2.45) is 0 Å². The second kappa shape index (κ2) is 13.9. The molecule has 0 atom stereocenters. The highest BCUT2D eigenvalue weighted by atomic mass is 16.5. The predicted octanol–water partition coefficient (Wildman–Crippen LogP) is 7.85. The van der Waals surface area contributed by atoms with E-state index in [9.17, 15) is 14.7 Å². The molecular weight excluding hydrogens is 656 g/mol. The van der Waals surface area contributed by atoms with Crippen LogP contribution in [0.3, 0.4) is 0 Å². The van der Waals surface area contributed by atoms with E-state index in [4.69, 9.17) is 37.3 Å². The van der Waals surface area contributed by atoms with E-state index in [1.54, 1.807) is 75.9 Å². The molecule has 11 heteroatoms. The van der Waals surface area contributed by atoms with E-state index in [0.29, 0.717) is 61.8 Å². The first-order chi connectivity index (χ1) is 24.5. The predicted molar refractivity (Wildman–Crippen MR) is 194 cm³/mol. The molecule has 1 aliphatic heterocycles. The number of aromatic hydroxyl groups is 1. The number of phenols is 1. The van der Waals surface area contributed by atoms with E-state index in [2.05, 4.69) is 0 Å². The number of hydrogen-bond donors (Lipinski definition) is 1. The summed E-state index contributed by atoms with van der Waals surface area (Å²) in [6.07, 6.45) is 5.28. The van der Waals surface area contributed by atoms with E-state index in [1.165, 1.54) is 32.6 Å². The molecule has 0 amide bonds. The van der Waals surface area contributed by atoms with Gasteiger partial charge in [0.25, 0.3) is 0 Å². The average Bonchev–Trinajstić information content (AvgIpc) is 3.13. The van der Waals surface area contributed by atoms with Gasteiger partial charge in [-0.1, -0.05) is 24.3 Å². The van der Waals surface area contributed by atoms with Crippen molar-refractivity contribution in [3.05, 3.63) is 105 Å². The molecule has 6 aromatic rings. The Morgan fingerprint density at radius 3 is 1.90 bits per heavy atom. The van der Waals surface area contributed by atoms with Crippen molar-refractivity contribution in [2.75, 3.05) is 35.5 Å². The molecule has 1 N–H and O–H groups in total. The molecule has 7 rings (SSSR count). The SMILES string of the molecule is COc1ccc(-c2c(OC)c3c(OC)c4c(cc3oc2=O)OC(C)(C)C=C4)cc1.COc1ccc(-c2coc3c(OC)c(O)ccc3c2=O)cc1. The average molecular weight is 693 g/mol. The summed E-state index contributed by atoms with van der Waals surface area (Å²) in [7, 11) is 7.67. The molecule has 3 heterocycles. The molecule has 51 heavy (non-hydrogen) atoms. The van der Waals surface area contributed by atoms with Crippen LogP contribution in [0.25, 0.3) is 50.3 Å². The molecule has 2 aromatic heterocycles. The highest BCUT2D eigenvalue weighted by Crippen LogP contribution is 2.47. The van der Waals surface area contributed by atoms with Gasteiger partial charge in [0, 0.05) is 6.07 Å². The van der Waals surface area contributed by atoms with E-state index in [-0.39, 0.29) is 22.5 Å². The van der Waals surface area contributed by atoms with Gasteiger partial charge < -0.3 is 42.4 Å². The fourth-order valence-corrected chi connectivity index (χ4v) is 5.89. The molecule has 0 saturated carbocycles. The lowest BCUT2D eigenvalue weighted by atomic mass is 9.98. The second-order valence-corrected chi connectivity index (χ2v) is 12.0. The van der Waals surface area contributed by atoms with E-state index in [0.717, 1.165) is 11.1 Å². The summed E-state index contributed by atoms with van der Waals surface area (Å²) in [5.41, 5.74) is 2.30. The lowest BCUT2D eigenvalue weighted by molar-refractivity contribution is 0.158. The first-order valence-corrected chi connectivity index (χ1v) is 15.8. The fourth-order valence-electron chi connectivity index (χ4n) is 5.89. The zero-order valence-electron chi connectivity index (χ0n) is 29.1. The number of rotatable bonds is 7. The zero-order valence-corrected chi connectivity index (χ0v) is 29.1. The summed E-state index contributed by atoms with van der Waals surface area (Å²) in [4.78, 5) is 25.5. The van der Waals surface area contributed by atoms with Crippen molar-refractivity contribution in [3.63, 3.8) is 0 Å². The van der Waals surface area contributed by atoms with Crippen LogP contribution in [-0.4, -0.2) is 46.3 Å². The Hall–Kier alpha value is -6.36. The normalized spacial score (nSPS) is 12.7. The smallest absolute Gasteiger partial charge is 0.347 e.